The molecule has 6 nitrogen and oxygen atoms in total. The molecule has 0 aliphatic rings. The molecule has 2 N–H and O–H groups in total. The van der Waals surface area contributed by atoms with Gasteiger partial charge < -0.3 is 14.9 Å². The van der Waals surface area contributed by atoms with E-state index in [1.54, 1.807) is 18.2 Å². The number of aliphatic carboxylic acids is 1. The van der Waals surface area contributed by atoms with E-state index in [2.05, 4.69) is 0 Å². The lowest BCUT2D eigenvalue weighted by Crippen LogP contribution is -2.26. The number of carboxylic acids is 1. The normalized spacial score (nSPS) is 11.5. The monoisotopic (exact) mass is 314 g/mol. The fourth-order valence-corrected chi connectivity index (χ4v) is 1.97. The molecule has 0 aliphatic heterocycles. The van der Waals surface area contributed by atoms with E-state index >= 15 is 0 Å². The molecule has 2 aromatic carbocycles. The van der Waals surface area contributed by atoms with Gasteiger partial charge in [-0.25, -0.2) is 4.79 Å². The highest BCUT2D eigenvalue weighted by molar-refractivity contribution is 6.34. The Kier molecular flexibility index (Phi) is 5.09. The van der Waals surface area contributed by atoms with Crippen molar-refractivity contribution in [3.05, 3.63) is 65.7 Å². The number of hydrogen-bond acceptors (Lipinski definition) is 5. The second-order valence-corrected chi connectivity index (χ2v) is 4.79. The number of hydrogen-bond donors (Lipinski definition) is 2. The highest BCUT2D eigenvalue weighted by Crippen LogP contribution is 2.20. The molecular formula is C17H14O6. The van der Waals surface area contributed by atoms with Crippen LogP contribution in [0.2, 0.25) is 0 Å². The number of phenolic OH excluding ortho intramolecular Hbond substituents is 1. The minimum atomic E-state index is -1.67. The molecule has 0 saturated carbocycles. The van der Waals surface area contributed by atoms with Gasteiger partial charge in [-0.3, -0.25) is 9.59 Å². The van der Waals surface area contributed by atoms with Gasteiger partial charge in [-0.05, 0) is 17.7 Å². The second-order valence-electron chi connectivity index (χ2n) is 4.79. The maximum Gasteiger partial charge on any atom is 0.376 e. The third-order valence-electron chi connectivity index (χ3n) is 3.09. The third-order valence-corrected chi connectivity index (χ3v) is 3.09. The van der Waals surface area contributed by atoms with Crippen LogP contribution in [0.5, 0.6) is 5.75 Å². The van der Waals surface area contributed by atoms with Crippen molar-refractivity contribution in [3.63, 3.8) is 0 Å². The second kappa shape index (κ2) is 7.22. The molecule has 118 valence electrons. The summed E-state index contributed by atoms with van der Waals surface area (Å²) in [6, 6.07) is 13.9. The summed E-state index contributed by atoms with van der Waals surface area (Å²) in [6.07, 6.45) is -1.63. The Balaban J connectivity index is 2.14. The lowest BCUT2D eigenvalue weighted by atomic mass is 10.1. The molecule has 1 atom stereocenters. The molecule has 0 fully saturated rings. The summed E-state index contributed by atoms with van der Waals surface area (Å²) in [7, 11) is 0. The fraction of sp³-hybridized carbons (Fsp3) is 0.118. The van der Waals surface area contributed by atoms with Crippen LogP contribution in [0, 0.1) is 0 Å². The van der Waals surface area contributed by atoms with Gasteiger partial charge in [-0.15, -0.1) is 0 Å². The minimum absolute atomic E-state index is 0.0605. The van der Waals surface area contributed by atoms with E-state index in [1.165, 1.54) is 36.4 Å². The molecular weight excluding hydrogens is 300 g/mol. The lowest BCUT2D eigenvalue weighted by Gasteiger charge is -2.15. The summed E-state index contributed by atoms with van der Waals surface area (Å²) in [5, 5.41) is 18.1. The molecule has 0 saturated heterocycles. The van der Waals surface area contributed by atoms with Gasteiger partial charge in [0.15, 0.2) is 6.10 Å². The van der Waals surface area contributed by atoms with Crippen LogP contribution in [0.3, 0.4) is 0 Å². The lowest BCUT2D eigenvalue weighted by molar-refractivity contribution is -0.162. The fourth-order valence-electron chi connectivity index (χ4n) is 1.97. The number of carbonyl (C=O) groups is 3. The molecule has 0 aliphatic carbocycles. The van der Waals surface area contributed by atoms with Crippen molar-refractivity contribution < 1.29 is 29.3 Å². The first kappa shape index (κ1) is 16.2. The highest BCUT2D eigenvalue weighted by atomic mass is 16.5. The quantitative estimate of drug-likeness (QED) is 0.623. The molecule has 2 aromatic rings. The van der Waals surface area contributed by atoms with Gasteiger partial charge in [-0.1, -0.05) is 42.5 Å². The van der Waals surface area contributed by atoms with Crippen LogP contribution >= 0.6 is 0 Å². The number of benzene rings is 2. The predicted octanol–water partition coefficient (Wildman–Crippen LogP) is 1.87. The zero-order valence-corrected chi connectivity index (χ0v) is 12.0. The number of phenols is 1. The Bertz CT molecular complexity index is 706. The number of rotatable bonds is 6. The molecule has 0 spiro atoms. The molecule has 0 amide bonds. The Hall–Kier alpha value is -3.15. The van der Waals surface area contributed by atoms with Crippen LogP contribution in [0.15, 0.2) is 54.6 Å². The number of esters is 1. The van der Waals surface area contributed by atoms with E-state index in [9.17, 15) is 19.5 Å². The molecule has 2 rings (SSSR count). The number of Topliss-reactive ketones (excluding diaryl/α,β-unsaturated/α-hetero) is 1. The van der Waals surface area contributed by atoms with Gasteiger partial charge in [0, 0.05) is 5.56 Å². The average molecular weight is 314 g/mol. The van der Waals surface area contributed by atoms with Crippen LogP contribution in [0.4, 0.5) is 0 Å². The van der Waals surface area contributed by atoms with E-state index in [0.29, 0.717) is 11.1 Å². The van der Waals surface area contributed by atoms with E-state index in [-0.39, 0.29) is 12.2 Å². The van der Waals surface area contributed by atoms with Gasteiger partial charge in [-0.2, -0.15) is 0 Å². The van der Waals surface area contributed by atoms with E-state index in [1.807, 2.05) is 0 Å². The van der Waals surface area contributed by atoms with Crippen LogP contribution in [-0.2, 0) is 25.5 Å². The highest BCUT2D eigenvalue weighted by Gasteiger charge is 2.30. The Morgan fingerprint density at radius 2 is 1.57 bits per heavy atom. The van der Waals surface area contributed by atoms with Crippen molar-refractivity contribution in [2.45, 2.75) is 12.5 Å². The van der Waals surface area contributed by atoms with Crippen molar-refractivity contribution in [3.8, 4) is 5.75 Å². The number of ketones is 1. The smallest absolute Gasteiger partial charge is 0.376 e. The van der Waals surface area contributed by atoms with Crippen molar-refractivity contribution in [1.29, 1.82) is 0 Å². The summed E-state index contributed by atoms with van der Waals surface area (Å²) >= 11 is 0. The Morgan fingerprint density at radius 3 is 2.13 bits per heavy atom. The minimum Gasteiger partial charge on any atom is -0.508 e. The van der Waals surface area contributed by atoms with Gasteiger partial charge in [0.2, 0.25) is 0 Å². The van der Waals surface area contributed by atoms with E-state index in [0.717, 1.165) is 0 Å². The first-order valence-electron chi connectivity index (χ1n) is 6.77. The van der Waals surface area contributed by atoms with Gasteiger partial charge >= 0.3 is 11.9 Å². The van der Waals surface area contributed by atoms with Crippen LogP contribution in [-0.4, -0.2) is 27.9 Å². The molecule has 6 heteroatoms. The maximum atomic E-state index is 12.0. The average Bonchev–Trinajstić information content (AvgIpc) is 2.55. The molecule has 0 heterocycles. The SMILES string of the molecule is O=C(Cc1ccc(O)cc1)OC(C(=O)C(=O)O)c1ccccc1. The van der Waals surface area contributed by atoms with E-state index in [4.69, 9.17) is 9.84 Å². The summed E-state index contributed by atoms with van der Waals surface area (Å²) in [5.41, 5.74) is 0.862. The van der Waals surface area contributed by atoms with Crippen molar-refractivity contribution in [2.75, 3.05) is 0 Å². The molecule has 0 radical (unpaired) electrons. The van der Waals surface area contributed by atoms with Crippen molar-refractivity contribution in [1.82, 2.24) is 0 Å². The van der Waals surface area contributed by atoms with Gasteiger partial charge in [0.1, 0.15) is 5.75 Å². The first-order chi connectivity index (χ1) is 11.0. The first-order valence-corrected chi connectivity index (χ1v) is 6.77. The molecule has 23 heavy (non-hydrogen) atoms. The molecule has 0 aromatic heterocycles. The third kappa shape index (κ3) is 4.41. The standard InChI is InChI=1S/C17H14O6/c18-13-8-6-11(7-9-13)10-14(19)23-16(15(20)17(21)22)12-4-2-1-3-5-12/h1-9,16,18H,10H2,(H,21,22). The number of carbonyl (C=O) groups excluding carboxylic acids is 2. The van der Waals surface area contributed by atoms with Crippen LogP contribution in [0.1, 0.15) is 17.2 Å². The zero-order valence-electron chi connectivity index (χ0n) is 12.0. The largest absolute Gasteiger partial charge is 0.508 e. The topological polar surface area (TPSA) is 101 Å². The van der Waals surface area contributed by atoms with Crippen LogP contribution in [0.25, 0.3) is 0 Å². The summed E-state index contributed by atoms with van der Waals surface area (Å²) in [4.78, 5) is 34.7. The van der Waals surface area contributed by atoms with E-state index < -0.39 is 23.8 Å². The summed E-state index contributed by atoms with van der Waals surface area (Å²) in [6.45, 7) is 0. The Morgan fingerprint density at radius 1 is 0.957 bits per heavy atom. The van der Waals surface area contributed by atoms with Gasteiger partial charge in [0.05, 0.1) is 6.42 Å². The summed E-state index contributed by atoms with van der Waals surface area (Å²) in [5.74, 6) is -3.56. The van der Waals surface area contributed by atoms with Crippen LogP contribution < -0.4 is 0 Å². The summed E-state index contributed by atoms with van der Waals surface area (Å²) < 4.78 is 5.06. The number of aromatic hydroxyl groups is 1. The molecule has 1 unspecified atom stereocenters. The number of carboxylic acid groups (broad SMARTS) is 1. The predicted molar refractivity (Wildman–Crippen MR) is 79.7 cm³/mol. The number of ether oxygens (including phenoxy) is 1. The maximum absolute atomic E-state index is 12.0. The zero-order chi connectivity index (χ0) is 16.8. The Labute approximate surface area is 131 Å². The molecule has 0 bridgehead atoms. The van der Waals surface area contributed by atoms with Crippen molar-refractivity contribution in [2.24, 2.45) is 0 Å². The van der Waals surface area contributed by atoms with Crippen molar-refractivity contribution >= 4 is 17.7 Å². The van der Waals surface area contributed by atoms with Gasteiger partial charge in [0.25, 0.3) is 5.78 Å².